The molecule has 5 atom stereocenters. The maximum absolute atomic E-state index is 9.59. The largest absolute Gasteiger partial charge is 0.394 e. The Balaban J connectivity index is 2.83. The molecule has 1 aliphatic heterocycles. The van der Waals surface area contributed by atoms with E-state index in [9.17, 15) is 10.2 Å². The molecule has 0 aliphatic carbocycles. The highest BCUT2D eigenvalue weighted by molar-refractivity contribution is 4.93. The van der Waals surface area contributed by atoms with Crippen molar-refractivity contribution in [3.05, 3.63) is 10.4 Å². The minimum atomic E-state index is -1.32. The van der Waals surface area contributed by atoms with Crippen molar-refractivity contribution in [3.8, 4) is 0 Å². The first-order valence-electron chi connectivity index (χ1n) is 4.35. The highest BCUT2D eigenvalue weighted by Crippen LogP contribution is 2.23. The number of azide groups is 1. The molecule has 3 N–H and O–H groups in total. The first-order valence-corrected chi connectivity index (χ1v) is 4.35. The Morgan fingerprint density at radius 1 is 1.47 bits per heavy atom. The Morgan fingerprint density at radius 2 is 2.13 bits per heavy atom. The van der Waals surface area contributed by atoms with Crippen LogP contribution < -0.4 is 0 Å². The van der Waals surface area contributed by atoms with Gasteiger partial charge in [0.15, 0.2) is 6.29 Å². The zero-order valence-corrected chi connectivity index (χ0v) is 8.09. The van der Waals surface area contributed by atoms with Crippen LogP contribution in [-0.2, 0) is 9.47 Å². The fourth-order valence-electron chi connectivity index (χ4n) is 1.44. The summed E-state index contributed by atoms with van der Waals surface area (Å²) in [5.41, 5.74) is 8.26. The number of nitrogens with zero attached hydrogens (tertiary/aromatic N) is 3. The summed E-state index contributed by atoms with van der Waals surface area (Å²) in [6, 6.07) is -1.03. The molecule has 1 saturated heterocycles. The molecule has 0 amide bonds. The molecular formula is C7H13N3O5. The van der Waals surface area contributed by atoms with E-state index < -0.39 is 37.3 Å². The van der Waals surface area contributed by atoms with Crippen LogP contribution in [0.5, 0.6) is 0 Å². The van der Waals surface area contributed by atoms with Gasteiger partial charge >= 0.3 is 0 Å². The van der Waals surface area contributed by atoms with Gasteiger partial charge in [-0.1, -0.05) is 5.11 Å². The van der Waals surface area contributed by atoms with Gasteiger partial charge in [-0.2, -0.15) is 0 Å². The van der Waals surface area contributed by atoms with Crippen molar-refractivity contribution in [1.29, 1.82) is 0 Å². The van der Waals surface area contributed by atoms with E-state index in [1.165, 1.54) is 7.11 Å². The quantitative estimate of drug-likeness (QED) is 0.310. The number of hydrogen-bond acceptors (Lipinski definition) is 6. The van der Waals surface area contributed by atoms with Crippen LogP contribution >= 0.6 is 0 Å². The fourth-order valence-corrected chi connectivity index (χ4v) is 1.44. The summed E-state index contributed by atoms with van der Waals surface area (Å²) in [5, 5.41) is 31.2. The standard InChI is InChI=1S/C7H13N3O5/c1-14-7-4(9-10-8)6(13)5(12)3(2-11)15-7/h3-7,11-13H,2H2,1H3/t3-,4+,5+,6-,7-/m0/s1. The average molecular weight is 219 g/mol. The Bertz CT molecular complexity index is 255. The van der Waals surface area contributed by atoms with Crippen molar-refractivity contribution in [1.82, 2.24) is 0 Å². The molecule has 86 valence electrons. The molecule has 1 heterocycles. The zero-order chi connectivity index (χ0) is 11.4. The molecular weight excluding hydrogens is 206 g/mol. The fraction of sp³-hybridized carbons (Fsp3) is 1.00. The maximum atomic E-state index is 9.59. The van der Waals surface area contributed by atoms with Crippen molar-refractivity contribution in [3.63, 3.8) is 0 Å². The highest BCUT2D eigenvalue weighted by atomic mass is 16.7. The van der Waals surface area contributed by atoms with Crippen LogP contribution in [0.15, 0.2) is 5.11 Å². The highest BCUT2D eigenvalue weighted by Gasteiger charge is 2.43. The van der Waals surface area contributed by atoms with Crippen molar-refractivity contribution in [2.24, 2.45) is 5.11 Å². The zero-order valence-electron chi connectivity index (χ0n) is 8.09. The number of methoxy groups -OCH3 is 1. The summed E-state index contributed by atoms with van der Waals surface area (Å²) >= 11 is 0. The molecule has 1 fully saturated rings. The van der Waals surface area contributed by atoms with Gasteiger partial charge in [0.1, 0.15) is 18.2 Å². The smallest absolute Gasteiger partial charge is 0.168 e. The molecule has 0 unspecified atom stereocenters. The van der Waals surface area contributed by atoms with Crippen LogP contribution in [0.4, 0.5) is 0 Å². The Kier molecular flexibility index (Phi) is 4.28. The molecule has 0 aromatic rings. The first kappa shape index (κ1) is 12.2. The molecule has 0 radical (unpaired) electrons. The third kappa shape index (κ3) is 2.37. The number of ether oxygens (including phenoxy) is 2. The van der Waals surface area contributed by atoms with E-state index in [1.54, 1.807) is 0 Å². The predicted octanol–water partition coefficient (Wildman–Crippen LogP) is -1.25. The second-order valence-corrected chi connectivity index (χ2v) is 3.14. The van der Waals surface area contributed by atoms with Gasteiger partial charge in [-0.25, -0.2) is 0 Å². The predicted molar refractivity (Wildman–Crippen MR) is 47.7 cm³/mol. The minimum absolute atomic E-state index is 0.457. The second-order valence-electron chi connectivity index (χ2n) is 3.14. The summed E-state index contributed by atoms with van der Waals surface area (Å²) in [4.78, 5) is 2.52. The molecule has 1 rings (SSSR count). The van der Waals surface area contributed by atoms with Crippen LogP contribution in [0.2, 0.25) is 0 Å². The molecule has 8 nitrogen and oxygen atoms in total. The lowest BCUT2D eigenvalue weighted by molar-refractivity contribution is -0.257. The van der Waals surface area contributed by atoms with Gasteiger partial charge in [-0.05, 0) is 5.53 Å². The van der Waals surface area contributed by atoms with Gasteiger partial charge in [0, 0.05) is 12.0 Å². The van der Waals surface area contributed by atoms with Crippen molar-refractivity contribution in [2.75, 3.05) is 13.7 Å². The lowest BCUT2D eigenvalue weighted by Gasteiger charge is -2.39. The van der Waals surface area contributed by atoms with Gasteiger partial charge < -0.3 is 24.8 Å². The van der Waals surface area contributed by atoms with Crippen molar-refractivity contribution < 1.29 is 24.8 Å². The monoisotopic (exact) mass is 219 g/mol. The van der Waals surface area contributed by atoms with E-state index in [2.05, 4.69) is 10.0 Å². The maximum Gasteiger partial charge on any atom is 0.168 e. The number of rotatable bonds is 3. The SMILES string of the molecule is CO[C@H]1O[C@@H](CO)[C@@H](O)[C@@H](O)[C@H]1N=[N+]=[N-]. The third-order valence-electron chi connectivity index (χ3n) is 2.27. The average Bonchev–Trinajstić information content (AvgIpc) is 2.25. The normalized spacial score (nSPS) is 40.9. The van der Waals surface area contributed by atoms with E-state index in [0.717, 1.165) is 0 Å². The van der Waals surface area contributed by atoms with Gasteiger partial charge in [0.05, 0.1) is 12.7 Å². The second kappa shape index (κ2) is 5.26. The van der Waals surface area contributed by atoms with Gasteiger partial charge in [0.25, 0.3) is 0 Å². The van der Waals surface area contributed by atoms with E-state index in [4.69, 9.17) is 20.1 Å². The summed E-state index contributed by atoms with van der Waals surface area (Å²) < 4.78 is 9.92. The minimum Gasteiger partial charge on any atom is -0.394 e. The Morgan fingerprint density at radius 3 is 2.60 bits per heavy atom. The van der Waals surface area contributed by atoms with Gasteiger partial charge in [0.2, 0.25) is 0 Å². The van der Waals surface area contributed by atoms with Crippen LogP contribution in [0.25, 0.3) is 10.4 Å². The molecule has 0 aromatic carbocycles. The van der Waals surface area contributed by atoms with Crippen LogP contribution in [0.1, 0.15) is 0 Å². The summed E-state index contributed by atoms with van der Waals surface area (Å²) in [7, 11) is 1.31. The topological polar surface area (TPSA) is 128 Å². The van der Waals surface area contributed by atoms with Gasteiger partial charge in [-0.3, -0.25) is 0 Å². The third-order valence-corrected chi connectivity index (χ3v) is 2.27. The number of hydrogen-bond donors (Lipinski definition) is 3. The molecule has 0 saturated carbocycles. The summed E-state index contributed by atoms with van der Waals surface area (Å²) in [5.74, 6) is 0. The van der Waals surface area contributed by atoms with Crippen LogP contribution in [0, 0.1) is 0 Å². The molecule has 1 aliphatic rings. The van der Waals surface area contributed by atoms with Crippen LogP contribution in [0.3, 0.4) is 0 Å². The summed E-state index contributed by atoms with van der Waals surface area (Å²) in [6.07, 6.45) is -4.56. The van der Waals surface area contributed by atoms with Crippen molar-refractivity contribution in [2.45, 2.75) is 30.6 Å². The van der Waals surface area contributed by atoms with E-state index in [0.29, 0.717) is 0 Å². The van der Waals surface area contributed by atoms with Crippen LogP contribution in [-0.4, -0.2) is 59.7 Å². The van der Waals surface area contributed by atoms with Crippen molar-refractivity contribution >= 4 is 0 Å². The molecule has 0 spiro atoms. The first-order chi connectivity index (χ1) is 7.15. The molecule has 0 bridgehead atoms. The molecule has 0 aromatic heterocycles. The lowest BCUT2D eigenvalue weighted by Crippen LogP contribution is -2.58. The summed E-state index contributed by atoms with van der Waals surface area (Å²) in [6.45, 7) is -0.457. The Labute approximate surface area is 85.7 Å². The Hall–Kier alpha value is -0.890. The molecule has 8 heteroatoms. The van der Waals surface area contributed by atoms with Gasteiger partial charge in [-0.15, -0.1) is 0 Å². The number of aliphatic hydroxyl groups is 3. The van der Waals surface area contributed by atoms with E-state index >= 15 is 0 Å². The molecule has 15 heavy (non-hydrogen) atoms. The lowest BCUT2D eigenvalue weighted by atomic mass is 9.98. The number of aliphatic hydroxyl groups excluding tert-OH is 3. The van der Waals surface area contributed by atoms with E-state index in [-0.39, 0.29) is 0 Å². The van der Waals surface area contributed by atoms with E-state index in [1.807, 2.05) is 0 Å².